The van der Waals surface area contributed by atoms with Crippen molar-refractivity contribution in [3.63, 3.8) is 0 Å². The molecule has 0 radical (unpaired) electrons. The third kappa shape index (κ3) is 3.28. The highest BCUT2D eigenvalue weighted by Crippen LogP contribution is 2.41. The van der Waals surface area contributed by atoms with E-state index in [0.29, 0.717) is 10.6 Å². The SMILES string of the molecule is Cc1cc(Cl)ccc1-c1c(S(=O)[O-])cccc1C(F)(F)F. The summed E-state index contributed by atoms with van der Waals surface area (Å²) in [7, 11) is 0. The molecule has 0 spiro atoms. The molecule has 0 saturated carbocycles. The molecular weight excluding hydrogens is 325 g/mol. The van der Waals surface area contributed by atoms with E-state index in [0.717, 1.165) is 18.2 Å². The lowest BCUT2D eigenvalue weighted by atomic mass is 9.95. The van der Waals surface area contributed by atoms with Crippen molar-refractivity contribution in [2.75, 3.05) is 0 Å². The maximum absolute atomic E-state index is 13.2. The van der Waals surface area contributed by atoms with Crippen molar-refractivity contribution in [1.82, 2.24) is 0 Å². The summed E-state index contributed by atoms with van der Waals surface area (Å²) in [5.41, 5.74) is -0.695. The molecule has 1 unspecified atom stereocenters. The molecule has 0 bridgehead atoms. The van der Waals surface area contributed by atoms with Crippen molar-refractivity contribution in [2.24, 2.45) is 0 Å². The van der Waals surface area contributed by atoms with Crippen molar-refractivity contribution in [2.45, 2.75) is 18.0 Å². The summed E-state index contributed by atoms with van der Waals surface area (Å²) in [6, 6.07) is 7.37. The lowest BCUT2D eigenvalue weighted by molar-refractivity contribution is -0.137. The third-order valence-electron chi connectivity index (χ3n) is 2.97. The molecule has 0 aliphatic rings. The highest BCUT2D eigenvalue weighted by atomic mass is 35.5. The Balaban J connectivity index is 2.84. The van der Waals surface area contributed by atoms with Gasteiger partial charge in [0.25, 0.3) is 0 Å². The molecule has 2 nitrogen and oxygen atoms in total. The minimum atomic E-state index is -4.66. The van der Waals surface area contributed by atoms with Gasteiger partial charge in [0.1, 0.15) is 0 Å². The van der Waals surface area contributed by atoms with E-state index < -0.39 is 27.7 Å². The molecule has 0 heterocycles. The van der Waals surface area contributed by atoms with Crippen molar-refractivity contribution >= 4 is 22.7 Å². The fourth-order valence-electron chi connectivity index (χ4n) is 2.09. The Morgan fingerprint density at radius 3 is 2.38 bits per heavy atom. The first-order valence-electron chi connectivity index (χ1n) is 5.78. The van der Waals surface area contributed by atoms with Gasteiger partial charge in [0, 0.05) is 15.5 Å². The van der Waals surface area contributed by atoms with E-state index >= 15 is 0 Å². The number of aryl methyl sites for hydroxylation is 1. The van der Waals surface area contributed by atoms with E-state index in [9.17, 15) is 21.9 Å². The zero-order chi connectivity index (χ0) is 15.8. The zero-order valence-corrected chi connectivity index (χ0v) is 12.3. The standard InChI is InChI=1S/C14H10ClF3O2S/c1-8-7-9(15)5-6-10(8)13-11(14(16,17)18)3-2-4-12(13)21(19)20/h2-7H,1H3,(H,19,20)/p-1. The topological polar surface area (TPSA) is 40.1 Å². The quantitative estimate of drug-likeness (QED) is 0.755. The Labute approximate surface area is 126 Å². The largest absolute Gasteiger partial charge is 0.768 e. The Kier molecular flexibility index (Phi) is 4.41. The average Bonchev–Trinajstić information content (AvgIpc) is 2.36. The molecular formula is C14H9ClF3O2S-. The van der Waals surface area contributed by atoms with Crippen LogP contribution >= 0.6 is 11.6 Å². The summed E-state index contributed by atoms with van der Waals surface area (Å²) in [4.78, 5) is -0.393. The third-order valence-corrected chi connectivity index (χ3v) is 3.90. The molecule has 2 aromatic carbocycles. The van der Waals surface area contributed by atoms with Gasteiger partial charge in [0.05, 0.1) is 5.56 Å². The second-order valence-electron chi connectivity index (χ2n) is 4.37. The molecule has 0 amide bonds. The van der Waals surface area contributed by atoms with Crippen LogP contribution in [-0.2, 0) is 17.3 Å². The fourth-order valence-corrected chi connectivity index (χ4v) is 2.89. The van der Waals surface area contributed by atoms with Gasteiger partial charge in [-0.15, -0.1) is 0 Å². The molecule has 21 heavy (non-hydrogen) atoms. The van der Waals surface area contributed by atoms with Gasteiger partial charge in [-0.3, -0.25) is 4.21 Å². The Bertz CT molecular complexity index is 714. The lowest BCUT2D eigenvalue weighted by Gasteiger charge is -2.19. The number of alkyl halides is 3. The molecule has 0 aliphatic heterocycles. The second-order valence-corrected chi connectivity index (χ2v) is 5.72. The van der Waals surface area contributed by atoms with Crippen molar-refractivity contribution in [1.29, 1.82) is 0 Å². The minimum absolute atomic E-state index is 0.187. The number of halogens is 4. The van der Waals surface area contributed by atoms with E-state index in [1.807, 2.05) is 0 Å². The van der Waals surface area contributed by atoms with Crippen LogP contribution in [0.4, 0.5) is 13.2 Å². The maximum Gasteiger partial charge on any atom is 0.417 e. The van der Waals surface area contributed by atoms with Gasteiger partial charge in [-0.2, -0.15) is 13.2 Å². The fraction of sp³-hybridized carbons (Fsp3) is 0.143. The Hall–Kier alpha value is -1.37. The molecule has 112 valence electrons. The van der Waals surface area contributed by atoms with Crippen LogP contribution in [0.15, 0.2) is 41.3 Å². The highest BCUT2D eigenvalue weighted by molar-refractivity contribution is 7.79. The molecule has 2 rings (SSSR count). The monoisotopic (exact) mass is 333 g/mol. The van der Waals surface area contributed by atoms with Crippen LogP contribution in [0.3, 0.4) is 0 Å². The van der Waals surface area contributed by atoms with E-state index in [1.165, 1.54) is 18.2 Å². The first-order chi connectivity index (χ1) is 9.71. The van der Waals surface area contributed by atoms with Crippen LogP contribution in [-0.4, -0.2) is 8.76 Å². The average molecular weight is 334 g/mol. The van der Waals surface area contributed by atoms with Crippen LogP contribution in [0.1, 0.15) is 11.1 Å². The van der Waals surface area contributed by atoms with Crippen LogP contribution in [0.5, 0.6) is 0 Å². The molecule has 7 heteroatoms. The molecule has 0 aromatic heterocycles. The molecule has 0 aliphatic carbocycles. The number of hydrogen-bond acceptors (Lipinski definition) is 2. The predicted octanol–water partition coefficient (Wildman–Crippen LogP) is 4.57. The highest BCUT2D eigenvalue weighted by Gasteiger charge is 2.35. The predicted molar refractivity (Wildman–Crippen MR) is 73.8 cm³/mol. The van der Waals surface area contributed by atoms with Gasteiger partial charge < -0.3 is 4.55 Å². The summed E-state index contributed by atoms with van der Waals surface area (Å²) < 4.78 is 62.0. The van der Waals surface area contributed by atoms with Crippen molar-refractivity contribution < 1.29 is 21.9 Å². The lowest BCUT2D eigenvalue weighted by Crippen LogP contribution is -2.10. The van der Waals surface area contributed by atoms with E-state index in [2.05, 4.69) is 0 Å². The van der Waals surface area contributed by atoms with Gasteiger partial charge in [-0.1, -0.05) is 23.7 Å². The minimum Gasteiger partial charge on any atom is -0.768 e. The maximum atomic E-state index is 13.2. The summed E-state index contributed by atoms with van der Waals surface area (Å²) in [5, 5.41) is 0.366. The molecule has 2 aromatic rings. The Morgan fingerprint density at radius 2 is 1.86 bits per heavy atom. The van der Waals surface area contributed by atoms with Crippen molar-refractivity contribution in [3.05, 3.63) is 52.5 Å². The molecule has 1 atom stereocenters. The van der Waals surface area contributed by atoms with Gasteiger partial charge in [0.15, 0.2) is 0 Å². The summed E-state index contributed by atoms with van der Waals surface area (Å²) in [6.07, 6.45) is -4.66. The Morgan fingerprint density at radius 1 is 1.19 bits per heavy atom. The van der Waals surface area contributed by atoms with Gasteiger partial charge in [-0.25, -0.2) is 0 Å². The normalized spacial score (nSPS) is 13.2. The summed E-state index contributed by atoms with van der Waals surface area (Å²) in [6.45, 7) is 1.58. The van der Waals surface area contributed by atoms with E-state index in [-0.39, 0.29) is 11.1 Å². The second kappa shape index (κ2) is 5.79. The van der Waals surface area contributed by atoms with Crippen LogP contribution in [0.25, 0.3) is 11.1 Å². The number of rotatable bonds is 2. The van der Waals surface area contributed by atoms with Gasteiger partial charge in [-0.05, 0) is 53.4 Å². The number of hydrogen-bond donors (Lipinski definition) is 0. The van der Waals surface area contributed by atoms with Crippen LogP contribution in [0, 0.1) is 6.92 Å². The molecule has 0 N–H and O–H groups in total. The van der Waals surface area contributed by atoms with Crippen LogP contribution in [0.2, 0.25) is 5.02 Å². The summed E-state index contributed by atoms with van der Waals surface area (Å²) in [5.74, 6) is 0. The van der Waals surface area contributed by atoms with Crippen molar-refractivity contribution in [3.8, 4) is 11.1 Å². The zero-order valence-electron chi connectivity index (χ0n) is 10.7. The summed E-state index contributed by atoms with van der Waals surface area (Å²) >= 11 is 3.01. The smallest absolute Gasteiger partial charge is 0.417 e. The molecule has 0 saturated heterocycles. The van der Waals surface area contributed by atoms with E-state index in [1.54, 1.807) is 6.92 Å². The molecule has 0 fully saturated rings. The van der Waals surface area contributed by atoms with Crippen LogP contribution < -0.4 is 0 Å². The first-order valence-corrected chi connectivity index (χ1v) is 7.23. The first kappa shape index (κ1) is 16.0. The van der Waals surface area contributed by atoms with E-state index in [4.69, 9.17) is 11.6 Å². The number of benzene rings is 2. The van der Waals surface area contributed by atoms with Gasteiger partial charge in [0.2, 0.25) is 0 Å². The van der Waals surface area contributed by atoms with Gasteiger partial charge >= 0.3 is 6.18 Å².